The van der Waals surface area contributed by atoms with Crippen LogP contribution in [0.5, 0.6) is 0 Å². The van der Waals surface area contributed by atoms with Gasteiger partial charge >= 0.3 is 0 Å². The molecule has 0 aliphatic carbocycles. The van der Waals surface area contributed by atoms with E-state index >= 15 is 0 Å². The normalized spacial score (nSPS) is 12.1. The van der Waals surface area contributed by atoms with Crippen molar-refractivity contribution in [3.8, 4) is 56.4 Å². The van der Waals surface area contributed by atoms with Gasteiger partial charge < -0.3 is 17.7 Å². The van der Waals surface area contributed by atoms with Crippen molar-refractivity contribution in [2.75, 3.05) is 0 Å². The van der Waals surface area contributed by atoms with Gasteiger partial charge in [0.1, 0.15) is 44.7 Å². The third kappa shape index (κ3) is 5.25. The highest BCUT2D eigenvalue weighted by atomic mass is 16.3. The smallest absolute Gasteiger partial charge is 0.167 e. The van der Waals surface area contributed by atoms with Gasteiger partial charge in [0.2, 0.25) is 0 Å². The second-order valence-electron chi connectivity index (χ2n) is 16.3. The van der Waals surface area contributed by atoms with Gasteiger partial charge in [-0.3, -0.25) is 0 Å². The quantitative estimate of drug-likeness (QED) is 0.171. The predicted molar refractivity (Wildman–Crippen MR) is 256 cm³/mol. The van der Waals surface area contributed by atoms with Crippen LogP contribution in [0.3, 0.4) is 0 Å². The van der Waals surface area contributed by atoms with Crippen LogP contribution < -0.4 is 0 Å². The van der Waals surface area contributed by atoms with Crippen molar-refractivity contribution in [2.24, 2.45) is 0 Å². The van der Waals surface area contributed by atoms with Crippen LogP contribution in [0.4, 0.5) is 0 Å². The number of rotatable bonds is 5. The zero-order valence-electron chi connectivity index (χ0n) is 33.9. The topological polar surface area (TPSA) is 91.2 Å². The predicted octanol–water partition coefficient (Wildman–Crippen LogP) is 15.8. The Morgan fingerprint density at radius 1 is 0.250 bits per heavy atom. The molecular formula is C57H31N3O4. The second-order valence-corrected chi connectivity index (χ2v) is 16.3. The fourth-order valence-corrected chi connectivity index (χ4v) is 9.58. The monoisotopic (exact) mass is 821 g/mol. The van der Waals surface area contributed by atoms with Crippen molar-refractivity contribution in [3.63, 3.8) is 0 Å². The molecule has 0 radical (unpaired) electrons. The summed E-state index contributed by atoms with van der Waals surface area (Å²) in [5, 5.41) is 8.35. The average molecular weight is 822 g/mol. The number of para-hydroxylation sites is 5. The number of fused-ring (bicyclic) bond motifs is 12. The van der Waals surface area contributed by atoms with Gasteiger partial charge in [-0.2, -0.15) is 0 Å². The summed E-state index contributed by atoms with van der Waals surface area (Å²) in [7, 11) is 0. The van der Waals surface area contributed by atoms with Crippen LogP contribution >= 0.6 is 0 Å². The summed E-state index contributed by atoms with van der Waals surface area (Å²) < 4.78 is 25.7. The van der Waals surface area contributed by atoms with Crippen molar-refractivity contribution in [3.05, 3.63) is 188 Å². The van der Waals surface area contributed by atoms with Gasteiger partial charge in [-0.1, -0.05) is 127 Å². The van der Waals surface area contributed by atoms with Crippen molar-refractivity contribution in [2.45, 2.75) is 0 Å². The number of hydrogen-bond donors (Lipinski definition) is 0. The van der Waals surface area contributed by atoms with Crippen molar-refractivity contribution in [1.82, 2.24) is 15.0 Å². The Balaban J connectivity index is 0.926. The van der Waals surface area contributed by atoms with E-state index in [0.29, 0.717) is 17.5 Å². The molecule has 0 aliphatic heterocycles. The highest BCUT2D eigenvalue weighted by Gasteiger charge is 2.21. The Hall–Kier alpha value is -8.81. The molecule has 14 rings (SSSR count). The summed E-state index contributed by atoms with van der Waals surface area (Å²) in [6, 6.07) is 64.1. The maximum absolute atomic E-state index is 6.51. The molecule has 0 aliphatic rings. The van der Waals surface area contributed by atoms with Gasteiger partial charge in [0.25, 0.3) is 0 Å². The maximum Gasteiger partial charge on any atom is 0.167 e. The van der Waals surface area contributed by atoms with Crippen LogP contribution in [0.25, 0.3) is 144 Å². The third-order valence-electron chi connectivity index (χ3n) is 12.5. The van der Waals surface area contributed by atoms with Crippen LogP contribution in [0.1, 0.15) is 0 Å². The Kier molecular flexibility index (Phi) is 7.27. The zero-order valence-corrected chi connectivity index (χ0v) is 33.9. The molecule has 0 unspecified atom stereocenters. The van der Waals surface area contributed by atoms with Gasteiger partial charge in [-0.25, -0.2) is 15.0 Å². The SMILES string of the molecule is c1cc(-c2cccc(-c3cccc4oc5cc6oc7ccccc7c6cc5c34)c2)cc(-c2nc(-c3cccc4c3oc3ccccc34)nc(-c3cccc4c3oc3ccccc34)n2)c1. The summed E-state index contributed by atoms with van der Waals surface area (Å²) in [6.45, 7) is 0. The lowest BCUT2D eigenvalue weighted by Gasteiger charge is -2.11. The van der Waals surface area contributed by atoms with E-state index in [9.17, 15) is 0 Å². The van der Waals surface area contributed by atoms with Crippen molar-refractivity contribution in [1.29, 1.82) is 0 Å². The van der Waals surface area contributed by atoms with E-state index in [1.54, 1.807) is 0 Å². The van der Waals surface area contributed by atoms with Crippen molar-refractivity contribution >= 4 is 87.8 Å². The molecule has 9 aromatic carbocycles. The lowest BCUT2D eigenvalue weighted by molar-refractivity contribution is 0.656. The summed E-state index contributed by atoms with van der Waals surface area (Å²) in [4.78, 5) is 15.6. The first-order chi connectivity index (χ1) is 31.7. The summed E-state index contributed by atoms with van der Waals surface area (Å²) in [5.41, 5.74) is 13.0. The molecule has 64 heavy (non-hydrogen) atoms. The van der Waals surface area contributed by atoms with Crippen LogP contribution in [0.15, 0.2) is 206 Å². The molecule has 14 aromatic rings. The van der Waals surface area contributed by atoms with Crippen LogP contribution in [0.2, 0.25) is 0 Å². The minimum absolute atomic E-state index is 0.506. The highest BCUT2D eigenvalue weighted by Crippen LogP contribution is 2.42. The number of nitrogens with zero attached hydrogens (tertiary/aromatic N) is 3. The molecule has 7 nitrogen and oxygen atoms in total. The van der Waals surface area contributed by atoms with Gasteiger partial charge in [-0.15, -0.1) is 0 Å². The summed E-state index contributed by atoms with van der Waals surface area (Å²) >= 11 is 0. The van der Waals surface area contributed by atoms with E-state index in [-0.39, 0.29) is 0 Å². The summed E-state index contributed by atoms with van der Waals surface area (Å²) in [6.07, 6.45) is 0. The van der Waals surface area contributed by atoms with Crippen LogP contribution in [-0.4, -0.2) is 15.0 Å². The molecule has 0 spiro atoms. The van der Waals surface area contributed by atoms with E-state index in [0.717, 1.165) is 127 Å². The van der Waals surface area contributed by atoms with Crippen molar-refractivity contribution < 1.29 is 17.7 Å². The van der Waals surface area contributed by atoms with Gasteiger partial charge in [0.05, 0.1) is 11.1 Å². The van der Waals surface area contributed by atoms with Gasteiger partial charge in [-0.05, 0) is 76.9 Å². The van der Waals surface area contributed by atoms with Gasteiger partial charge in [0, 0.05) is 54.7 Å². The molecular weight excluding hydrogens is 791 g/mol. The standard InChI is InChI=1S/C57H31N3O4/c1-5-25-47-37(16-1)40-20-9-22-42(53(40)63-47)56-58-55(59-57(60-56)43-23-10-21-41-38-17-2-6-26-48(38)64-54(41)43)35-15-8-13-33(29-35)32-12-7-14-34(28-32)36-19-11-27-49-52(36)45-30-44-39-18-3-4-24-46(39)61-50(44)31-51(45)62-49/h1-31H. The fourth-order valence-electron chi connectivity index (χ4n) is 9.58. The molecule has 0 atom stereocenters. The maximum atomic E-state index is 6.51. The molecule has 0 saturated heterocycles. The molecule has 0 saturated carbocycles. The summed E-state index contributed by atoms with van der Waals surface area (Å²) in [5.74, 6) is 1.55. The minimum Gasteiger partial charge on any atom is -0.456 e. The van der Waals surface area contributed by atoms with Gasteiger partial charge in [0.15, 0.2) is 17.5 Å². The Bertz CT molecular complexity index is 4090. The Morgan fingerprint density at radius 3 is 1.34 bits per heavy atom. The fraction of sp³-hybridized carbons (Fsp3) is 0. The van der Waals surface area contributed by atoms with Crippen LogP contribution in [-0.2, 0) is 0 Å². The Labute approximate surface area is 363 Å². The largest absolute Gasteiger partial charge is 0.456 e. The second kappa shape index (κ2) is 13.3. The number of benzene rings is 9. The third-order valence-corrected chi connectivity index (χ3v) is 12.5. The van der Waals surface area contributed by atoms with E-state index in [4.69, 9.17) is 32.6 Å². The lowest BCUT2D eigenvalue weighted by atomic mass is 9.95. The average Bonchev–Trinajstić information content (AvgIpc) is 4.13. The Morgan fingerprint density at radius 2 is 0.688 bits per heavy atom. The van der Waals surface area contributed by atoms with E-state index in [2.05, 4.69) is 97.1 Å². The first-order valence-corrected chi connectivity index (χ1v) is 21.2. The molecule has 298 valence electrons. The number of furan rings is 4. The number of aromatic nitrogens is 3. The molecule has 0 N–H and O–H groups in total. The van der Waals surface area contributed by atoms with E-state index in [1.165, 1.54) is 0 Å². The molecule has 5 aromatic heterocycles. The molecule has 0 fully saturated rings. The first kappa shape index (κ1) is 34.9. The molecule has 7 heteroatoms. The lowest BCUT2D eigenvalue weighted by Crippen LogP contribution is -2.00. The molecule has 0 amide bonds. The minimum atomic E-state index is 0.506. The first-order valence-electron chi connectivity index (χ1n) is 21.2. The molecule has 5 heterocycles. The zero-order chi connectivity index (χ0) is 41.9. The highest BCUT2D eigenvalue weighted by molar-refractivity contribution is 6.18. The van der Waals surface area contributed by atoms with E-state index < -0.39 is 0 Å². The molecule has 0 bridgehead atoms. The van der Waals surface area contributed by atoms with Crippen LogP contribution in [0, 0.1) is 0 Å². The number of hydrogen-bond acceptors (Lipinski definition) is 7. The van der Waals surface area contributed by atoms with E-state index in [1.807, 2.05) is 91.0 Å².